The van der Waals surface area contributed by atoms with Gasteiger partial charge >= 0.3 is 13.2 Å². The van der Waals surface area contributed by atoms with Crippen LogP contribution >= 0.6 is 0 Å². The van der Waals surface area contributed by atoms with Gasteiger partial charge in [0.05, 0.1) is 17.6 Å². The van der Waals surface area contributed by atoms with E-state index in [1.54, 1.807) is 0 Å². The first kappa shape index (κ1) is 28.0. The first-order valence-corrected chi connectivity index (χ1v) is 13.8. The molecule has 1 aromatic rings. The Morgan fingerprint density at radius 2 is 1.81 bits per heavy atom. The van der Waals surface area contributed by atoms with Crippen LogP contribution < -0.4 is 5.32 Å². The molecule has 3 saturated carbocycles. The second kappa shape index (κ2) is 9.92. The second-order valence-electron chi connectivity index (χ2n) is 13.6. The van der Waals surface area contributed by atoms with Crippen molar-refractivity contribution in [3.8, 4) is 0 Å². The molecule has 204 valence electrons. The molecule has 0 radical (unpaired) electrons. The van der Waals surface area contributed by atoms with E-state index in [1.165, 1.54) is 4.90 Å². The molecule has 2 amide bonds. The Labute approximate surface area is 222 Å². The summed E-state index contributed by atoms with van der Waals surface area (Å²) in [5.74, 6) is 0.678. The van der Waals surface area contributed by atoms with Crippen LogP contribution in [-0.2, 0) is 20.5 Å². The molecule has 7 nitrogen and oxygen atoms in total. The summed E-state index contributed by atoms with van der Waals surface area (Å²) in [5.41, 5.74) is 0.0130. The van der Waals surface area contributed by atoms with Crippen molar-refractivity contribution in [2.45, 2.75) is 110 Å². The number of carbonyl (C=O) groups excluding carboxylic acids is 1. The third kappa shape index (κ3) is 5.29. The number of carbonyl (C=O) groups is 2. The highest BCUT2D eigenvalue weighted by molar-refractivity contribution is 6.48. The van der Waals surface area contributed by atoms with E-state index in [-0.39, 0.29) is 35.4 Å². The zero-order chi connectivity index (χ0) is 27.3. The molecule has 0 spiro atoms. The molecule has 2 bridgehead atoms. The summed E-state index contributed by atoms with van der Waals surface area (Å²) in [6.45, 7) is 16.5. The van der Waals surface area contributed by atoms with Gasteiger partial charge in [-0.25, -0.2) is 4.79 Å². The van der Waals surface area contributed by atoms with Gasteiger partial charge in [0.2, 0.25) is 5.91 Å². The van der Waals surface area contributed by atoms with Gasteiger partial charge in [-0.3, -0.25) is 9.69 Å². The van der Waals surface area contributed by atoms with E-state index in [0.29, 0.717) is 24.2 Å². The lowest BCUT2D eigenvalue weighted by molar-refractivity contribution is -0.199. The van der Waals surface area contributed by atoms with Crippen LogP contribution in [0.3, 0.4) is 0 Å². The van der Waals surface area contributed by atoms with Crippen molar-refractivity contribution in [3.05, 3.63) is 35.9 Å². The van der Waals surface area contributed by atoms with Gasteiger partial charge in [0.1, 0.15) is 6.04 Å². The lowest BCUT2D eigenvalue weighted by Gasteiger charge is -2.64. The van der Waals surface area contributed by atoms with Crippen LogP contribution in [0.1, 0.15) is 80.2 Å². The summed E-state index contributed by atoms with van der Waals surface area (Å²) < 4.78 is 13.2. The molecule has 1 saturated heterocycles. The molecule has 1 aromatic carbocycles. The maximum absolute atomic E-state index is 13.9. The van der Waals surface area contributed by atoms with Gasteiger partial charge in [0.15, 0.2) is 0 Å². The number of nitrogens with zero attached hydrogens (tertiary/aromatic N) is 1. The minimum absolute atomic E-state index is 0.0195. The van der Waals surface area contributed by atoms with E-state index >= 15 is 0 Å². The van der Waals surface area contributed by atoms with Crippen LogP contribution in [-0.4, -0.2) is 58.4 Å². The highest BCUT2D eigenvalue weighted by Gasteiger charge is 2.68. The zero-order valence-corrected chi connectivity index (χ0v) is 23.8. The van der Waals surface area contributed by atoms with Crippen LogP contribution in [0, 0.1) is 23.2 Å². The van der Waals surface area contributed by atoms with Crippen molar-refractivity contribution in [1.29, 1.82) is 0 Å². The molecule has 3 aliphatic carbocycles. The summed E-state index contributed by atoms with van der Waals surface area (Å²) in [6, 6.07) is 8.69. The Hall–Kier alpha value is -2.06. The van der Waals surface area contributed by atoms with E-state index in [4.69, 9.17) is 9.31 Å². The minimum atomic E-state index is -1.11. The number of hydrogen-bond donors (Lipinski definition) is 2. The fraction of sp³-hybridized carbons (Fsp3) is 0.724. The normalized spacial score (nSPS) is 29.8. The first-order chi connectivity index (χ1) is 17.1. The zero-order valence-electron chi connectivity index (χ0n) is 23.8. The highest BCUT2D eigenvalue weighted by atomic mass is 16.7. The topological polar surface area (TPSA) is 88.1 Å². The Kier molecular flexibility index (Phi) is 7.50. The maximum Gasteiger partial charge on any atom is 0.481 e. The van der Waals surface area contributed by atoms with E-state index in [0.717, 1.165) is 18.4 Å². The third-order valence-corrected chi connectivity index (χ3v) is 9.17. The van der Waals surface area contributed by atoms with E-state index < -0.39 is 24.8 Å². The predicted molar refractivity (Wildman–Crippen MR) is 145 cm³/mol. The lowest BCUT2D eigenvalue weighted by Crippen LogP contribution is -2.65. The average Bonchev–Trinajstić information content (AvgIpc) is 3.14. The van der Waals surface area contributed by atoms with Crippen LogP contribution in [0.15, 0.2) is 30.3 Å². The summed E-state index contributed by atoms with van der Waals surface area (Å²) in [5, 5.41) is 13.4. The molecule has 6 atom stereocenters. The van der Waals surface area contributed by atoms with Crippen molar-refractivity contribution >= 4 is 19.1 Å². The molecule has 1 unspecified atom stereocenters. The van der Waals surface area contributed by atoms with Crippen LogP contribution in [0.4, 0.5) is 4.79 Å². The van der Waals surface area contributed by atoms with Gasteiger partial charge in [-0.15, -0.1) is 0 Å². The van der Waals surface area contributed by atoms with Crippen molar-refractivity contribution in [2.75, 3.05) is 0 Å². The van der Waals surface area contributed by atoms with Gasteiger partial charge in [-0.1, -0.05) is 58.0 Å². The van der Waals surface area contributed by atoms with Crippen molar-refractivity contribution < 1.29 is 24.0 Å². The molecule has 37 heavy (non-hydrogen) atoms. The van der Waals surface area contributed by atoms with Crippen LogP contribution in [0.2, 0.25) is 0 Å². The fourth-order valence-corrected chi connectivity index (χ4v) is 7.12. The fourth-order valence-electron chi connectivity index (χ4n) is 7.12. The van der Waals surface area contributed by atoms with E-state index in [2.05, 4.69) is 39.9 Å². The van der Waals surface area contributed by atoms with Gasteiger partial charge in [-0.05, 0) is 75.7 Å². The summed E-state index contributed by atoms with van der Waals surface area (Å²) in [4.78, 5) is 27.6. The van der Waals surface area contributed by atoms with E-state index in [1.807, 2.05) is 51.1 Å². The molecular formula is C29H45BN2O5. The summed E-state index contributed by atoms with van der Waals surface area (Å²) >= 11 is 0. The average molecular weight is 513 g/mol. The Morgan fingerprint density at radius 1 is 1.16 bits per heavy atom. The quantitative estimate of drug-likeness (QED) is 0.469. The maximum atomic E-state index is 13.9. The van der Waals surface area contributed by atoms with Crippen molar-refractivity contribution in [1.82, 2.24) is 10.2 Å². The number of hydrogen-bond acceptors (Lipinski definition) is 4. The molecule has 2 N–H and O–H groups in total. The van der Waals surface area contributed by atoms with Crippen LogP contribution in [0.25, 0.3) is 0 Å². The number of nitrogens with one attached hydrogen (secondary N) is 1. The highest BCUT2D eigenvalue weighted by Crippen LogP contribution is 2.65. The predicted octanol–water partition coefficient (Wildman–Crippen LogP) is 5.17. The smallest absolute Gasteiger partial charge is 0.465 e. The Morgan fingerprint density at radius 3 is 2.35 bits per heavy atom. The van der Waals surface area contributed by atoms with Gasteiger partial charge in [0, 0.05) is 12.0 Å². The number of carboxylic acid groups (broad SMARTS) is 1. The molecule has 4 aliphatic rings. The molecule has 8 heteroatoms. The first-order valence-electron chi connectivity index (χ1n) is 13.8. The van der Waals surface area contributed by atoms with Crippen molar-refractivity contribution in [3.63, 3.8) is 0 Å². The van der Waals surface area contributed by atoms with Gasteiger partial charge < -0.3 is 19.7 Å². The Balaban J connectivity index is 1.58. The summed E-state index contributed by atoms with van der Waals surface area (Å²) in [7, 11) is -0.554. The molecule has 5 rings (SSSR count). The van der Waals surface area contributed by atoms with Gasteiger partial charge in [-0.2, -0.15) is 0 Å². The monoisotopic (exact) mass is 512 g/mol. The molecule has 4 fully saturated rings. The second-order valence-corrected chi connectivity index (χ2v) is 13.6. The standard InChI is InChI=1S/C29H45BN2O5/c1-18(2)14-24(30-36-23-17-20-16-22(28(20,6)7)29(23,8)37-30)31-25(33)21(15-19-12-10-9-11-13-19)32(26(34)35)27(3,4)5/h9-13,18,20-24H,14-17H2,1-8H3,(H,31,33)(H,34,35)/t20-,21?,22-,23-,24+,29-/m0/s1. The van der Waals surface area contributed by atoms with Crippen LogP contribution in [0.5, 0.6) is 0 Å². The number of rotatable bonds is 8. The molecule has 1 aliphatic heterocycles. The number of amides is 2. The minimum Gasteiger partial charge on any atom is -0.465 e. The largest absolute Gasteiger partial charge is 0.481 e. The van der Waals surface area contributed by atoms with E-state index in [9.17, 15) is 14.7 Å². The summed E-state index contributed by atoms with van der Waals surface area (Å²) in [6.07, 6.45) is 2.01. The van der Waals surface area contributed by atoms with Gasteiger partial charge in [0.25, 0.3) is 0 Å². The SMILES string of the molecule is CC(C)C[C@@H](NC(=O)C(Cc1ccccc1)N(C(=O)O)C(C)(C)C)B1O[C@H]2C[C@@H]3C[C@@H](C3(C)C)[C@]2(C)O1. The molecule has 0 aromatic heterocycles. The van der Waals surface area contributed by atoms with Crippen molar-refractivity contribution in [2.24, 2.45) is 23.2 Å². The molecule has 1 heterocycles. The third-order valence-electron chi connectivity index (χ3n) is 9.17. The molecular weight excluding hydrogens is 467 g/mol. The number of benzene rings is 1. The lowest BCUT2D eigenvalue weighted by atomic mass is 9.43. The Bertz CT molecular complexity index is 994.